The van der Waals surface area contributed by atoms with Crippen LogP contribution in [0.25, 0.3) is 16.3 Å². The van der Waals surface area contributed by atoms with Crippen LogP contribution in [0.3, 0.4) is 0 Å². The molecule has 1 amide bonds. The van der Waals surface area contributed by atoms with Gasteiger partial charge in [-0.05, 0) is 43.2 Å². The van der Waals surface area contributed by atoms with Gasteiger partial charge in [-0.2, -0.15) is 0 Å². The van der Waals surface area contributed by atoms with Crippen molar-refractivity contribution in [2.24, 2.45) is 5.73 Å². The van der Waals surface area contributed by atoms with E-state index in [9.17, 15) is 4.79 Å². The fourth-order valence-corrected chi connectivity index (χ4v) is 5.70. The first-order valence-electron chi connectivity index (χ1n) is 10.5. The zero-order valence-electron chi connectivity index (χ0n) is 17.6. The minimum Gasteiger partial charge on any atom is -0.366 e. The number of thioether (sulfide) groups is 1. The van der Waals surface area contributed by atoms with E-state index in [1.54, 1.807) is 35.2 Å². The zero-order chi connectivity index (χ0) is 22.8. The van der Waals surface area contributed by atoms with Gasteiger partial charge >= 0.3 is 0 Å². The molecule has 33 heavy (non-hydrogen) atoms. The summed E-state index contributed by atoms with van der Waals surface area (Å²) >= 11 is 9.45. The fourth-order valence-electron chi connectivity index (χ4n) is 3.74. The van der Waals surface area contributed by atoms with E-state index in [0.717, 1.165) is 59.0 Å². The molecule has 1 fully saturated rings. The van der Waals surface area contributed by atoms with Gasteiger partial charge < -0.3 is 10.6 Å². The molecule has 168 valence electrons. The van der Waals surface area contributed by atoms with E-state index in [0.29, 0.717) is 16.3 Å². The lowest BCUT2D eigenvalue weighted by molar-refractivity contribution is 0.100. The van der Waals surface area contributed by atoms with Crippen LogP contribution < -0.4 is 10.6 Å². The minimum absolute atomic E-state index is 0.435. The van der Waals surface area contributed by atoms with Crippen molar-refractivity contribution in [3.63, 3.8) is 0 Å². The maximum atomic E-state index is 11.3. The van der Waals surface area contributed by atoms with Gasteiger partial charge in [0.1, 0.15) is 5.01 Å². The number of hydrogen-bond acceptors (Lipinski definition) is 7. The summed E-state index contributed by atoms with van der Waals surface area (Å²) in [4.78, 5) is 18.3. The molecular formula is C23H21ClN6OS2. The summed E-state index contributed by atoms with van der Waals surface area (Å²) in [5.41, 5.74) is 8.68. The van der Waals surface area contributed by atoms with E-state index in [1.165, 1.54) is 0 Å². The summed E-state index contributed by atoms with van der Waals surface area (Å²) in [5, 5.41) is 13.4. The molecule has 1 aliphatic heterocycles. The highest BCUT2D eigenvalue weighted by Crippen LogP contribution is 2.32. The first-order valence-corrected chi connectivity index (χ1v) is 12.8. The molecule has 1 saturated heterocycles. The normalized spacial score (nSPS) is 13.5. The topological polar surface area (TPSA) is 89.9 Å². The lowest BCUT2D eigenvalue weighted by atomic mass is 10.1. The molecular weight excluding hydrogens is 476 g/mol. The van der Waals surface area contributed by atoms with Crippen LogP contribution >= 0.6 is 34.7 Å². The molecule has 0 atom stereocenters. The van der Waals surface area contributed by atoms with E-state index in [-0.39, 0.29) is 0 Å². The number of amides is 1. The van der Waals surface area contributed by atoms with Gasteiger partial charge in [0.2, 0.25) is 11.9 Å². The third-order valence-corrected chi connectivity index (χ3v) is 7.53. The summed E-state index contributed by atoms with van der Waals surface area (Å²) in [5.74, 6) is 1.08. The van der Waals surface area contributed by atoms with Gasteiger partial charge in [0.25, 0.3) is 0 Å². The Morgan fingerprint density at radius 1 is 1.12 bits per heavy atom. The molecule has 7 nitrogen and oxygen atoms in total. The van der Waals surface area contributed by atoms with Gasteiger partial charge in [0, 0.05) is 40.4 Å². The minimum atomic E-state index is -0.435. The van der Waals surface area contributed by atoms with Crippen LogP contribution in [0.15, 0.2) is 59.1 Å². The molecule has 0 bridgehead atoms. The first kappa shape index (κ1) is 21.9. The first-order chi connectivity index (χ1) is 16.1. The monoisotopic (exact) mass is 496 g/mol. The molecule has 2 N–H and O–H groups in total. The second kappa shape index (κ2) is 9.54. The molecule has 2 aromatic heterocycles. The van der Waals surface area contributed by atoms with Gasteiger partial charge in [-0.15, -0.1) is 21.5 Å². The predicted molar refractivity (Wildman–Crippen MR) is 133 cm³/mol. The van der Waals surface area contributed by atoms with Gasteiger partial charge in [0.15, 0.2) is 5.16 Å². The van der Waals surface area contributed by atoms with Crippen LogP contribution in [0.4, 0.5) is 5.95 Å². The number of nitrogens with zero attached hydrogens (tertiary/aromatic N) is 5. The molecule has 0 radical (unpaired) electrons. The smallest absolute Gasteiger partial charge is 0.248 e. The van der Waals surface area contributed by atoms with Crippen LogP contribution in [-0.2, 0) is 5.75 Å². The van der Waals surface area contributed by atoms with Crippen LogP contribution in [0.2, 0.25) is 5.02 Å². The second-order valence-corrected chi connectivity index (χ2v) is 9.90. The summed E-state index contributed by atoms with van der Waals surface area (Å²) in [6.07, 6.45) is 2.32. The number of carbonyl (C=O) groups excluding carboxylic acids is 1. The second-order valence-electron chi connectivity index (χ2n) is 7.67. The van der Waals surface area contributed by atoms with Crippen LogP contribution in [0.5, 0.6) is 0 Å². The Labute approximate surface area is 204 Å². The summed E-state index contributed by atoms with van der Waals surface area (Å²) in [6.45, 7) is 1.96. The molecule has 1 aliphatic rings. The van der Waals surface area contributed by atoms with Gasteiger partial charge in [-0.3, -0.25) is 9.36 Å². The Morgan fingerprint density at radius 2 is 1.91 bits per heavy atom. The lowest BCUT2D eigenvalue weighted by Gasteiger charge is -2.18. The predicted octanol–water partition coefficient (Wildman–Crippen LogP) is 5.04. The Bertz CT molecular complexity index is 1280. The molecule has 0 spiro atoms. The van der Waals surface area contributed by atoms with Crippen molar-refractivity contribution in [1.82, 2.24) is 19.7 Å². The van der Waals surface area contributed by atoms with E-state index in [4.69, 9.17) is 22.3 Å². The van der Waals surface area contributed by atoms with Crippen LogP contribution in [0, 0.1) is 0 Å². The molecule has 0 aliphatic carbocycles. The Balaban J connectivity index is 1.37. The van der Waals surface area contributed by atoms with Gasteiger partial charge in [-0.1, -0.05) is 41.6 Å². The number of anilines is 1. The van der Waals surface area contributed by atoms with Crippen molar-refractivity contribution in [3.05, 3.63) is 70.2 Å². The molecule has 2 aromatic carbocycles. The van der Waals surface area contributed by atoms with Gasteiger partial charge in [0.05, 0.1) is 11.4 Å². The summed E-state index contributed by atoms with van der Waals surface area (Å²) < 4.78 is 2.08. The van der Waals surface area contributed by atoms with Crippen LogP contribution in [0.1, 0.15) is 28.9 Å². The van der Waals surface area contributed by atoms with Crippen molar-refractivity contribution in [1.29, 1.82) is 0 Å². The highest BCUT2D eigenvalue weighted by molar-refractivity contribution is 7.98. The number of thiazole rings is 1. The SMILES string of the molecule is NC(=O)c1ccc(-c2nc(CSc3nnc(N4CCCC4)n3-c3cccc(Cl)c3)cs2)cc1. The number of carbonyl (C=O) groups is 1. The van der Waals surface area contributed by atoms with Crippen molar-refractivity contribution in [2.75, 3.05) is 18.0 Å². The average Bonchev–Trinajstić information content (AvgIpc) is 3.58. The average molecular weight is 497 g/mol. The number of primary amides is 1. The van der Waals surface area contributed by atoms with Gasteiger partial charge in [-0.25, -0.2) is 4.98 Å². The van der Waals surface area contributed by atoms with E-state index >= 15 is 0 Å². The molecule has 5 rings (SSSR count). The molecule has 0 unspecified atom stereocenters. The highest BCUT2D eigenvalue weighted by atomic mass is 35.5. The Hall–Kier alpha value is -2.88. The maximum Gasteiger partial charge on any atom is 0.248 e. The van der Waals surface area contributed by atoms with Crippen molar-refractivity contribution >= 4 is 46.6 Å². The number of aromatic nitrogens is 4. The third-order valence-electron chi connectivity index (χ3n) is 5.39. The molecule has 0 saturated carbocycles. The molecule has 3 heterocycles. The number of benzene rings is 2. The van der Waals surface area contributed by atoms with Crippen LogP contribution in [-0.4, -0.2) is 38.7 Å². The zero-order valence-corrected chi connectivity index (χ0v) is 20.0. The third kappa shape index (κ3) is 4.75. The maximum absolute atomic E-state index is 11.3. The Kier molecular flexibility index (Phi) is 6.34. The number of hydrogen-bond donors (Lipinski definition) is 1. The number of rotatable bonds is 7. The summed E-state index contributed by atoms with van der Waals surface area (Å²) in [7, 11) is 0. The standard InChI is InChI=1S/C23H21ClN6OS2/c24-17-4-3-5-19(12-17)30-22(29-10-1-2-11-29)27-28-23(30)33-14-18-13-32-21(26-18)16-8-6-15(7-9-16)20(25)31/h3-9,12-13H,1-2,10-11,14H2,(H2,25,31). The molecule has 10 heteroatoms. The number of nitrogens with two attached hydrogens (primary N) is 1. The largest absolute Gasteiger partial charge is 0.366 e. The molecule has 4 aromatic rings. The van der Waals surface area contributed by atoms with Crippen molar-refractivity contribution in [2.45, 2.75) is 23.8 Å². The summed E-state index contributed by atoms with van der Waals surface area (Å²) in [6, 6.07) is 14.9. The number of halogens is 1. The highest BCUT2D eigenvalue weighted by Gasteiger charge is 2.23. The lowest BCUT2D eigenvalue weighted by Crippen LogP contribution is -2.22. The van der Waals surface area contributed by atoms with E-state index in [1.807, 2.05) is 41.8 Å². The van der Waals surface area contributed by atoms with E-state index in [2.05, 4.69) is 19.7 Å². The van der Waals surface area contributed by atoms with Crippen molar-refractivity contribution < 1.29 is 4.79 Å². The quantitative estimate of drug-likeness (QED) is 0.361. The Morgan fingerprint density at radius 3 is 2.64 bits per heavy atom. The van der Waals surface area contributed by atoms with Crippen molar-refractivity contribution in [3.8, 4) is 16.3 Å². The van der Waals surface area contributed by atoms with E-state index < -0.39 is 5.91 Å². The fraction of sp³-hybridized carbons (Fsp3) is 0.217.